The topological polar surface area (TPSA) is 44.8 Å². The summed E-state index contributed by atoms with van der Waals surface area (Å²) in [6, 6.07) is 3.63. The SMILES string of the molecule is CCOC(=O)/C(F)=C(/CC)c1cc2c(cc1OC)OC(C)(C)C=C2C(C)C. The van der Waals surface area contributed by atoms with E-state index >= 15 is 0 Å². The maximum Gasteiger partial charge on any atom is 0.367 e. The van der Waals surface area contributed by atoms with Crippen molar-refractivity contribution in [3.8, 4) is 11.5 Å². The molecule has 0 spiro atoms. The first-order valence-corrected chi connectivity index (χ1v) is 9.35. The number of methoxy groups -OCH3 is 1. The summed E-state index contributed by atoms with van der Waals surface area (Å²) in [6.45, 7) is 11.8. The molecule has 0 radical (unpaired) electrons. The first kappa shape index (κ1) is 21.0. The van der Waals surface area contributed by atoms with E-state index in [9.17, 15) is 9.18 Å². The Kier molecular flexibility index (Phi) is 6.34. The molecule has 2 rings (SSSR count). The molecule has 0 N–H and O–H groups in total. The van der Waals surface area contributed by atoms with Gasteiger partial charge in [-0.05, 0) is 50.8 Å². The molecule has 0 amide bonds. The van der Waals surface area contributed by atoms with E-state index in [2.05, 4.69) is 19.9 Å². The molecular formula is C22H29FO4. The highest BCUT2D eigenvalue weighted by Crippen LogP contribution is 2.45. The van der Waals surface area contributed by atoms with Gasteiger partial charge in [-0.25, -0.2) is 4.79 Å². The van der Waals surface area contributed by atoms with Crippen LogP contribution in [0.4, 0.5) is 4.39 Å². The number of esters is 1. The van der Waals surface area contributed by atoms with Crippen molar-refractivity contribution in [1.29, 1.82) is 0 Å². The summed E-state index contributed by atoms with van der Waals surface area (Å²) in [5.41, 5.74) is 2.37. The molecule has 1 aromatic carbocycles. The third kappa shape index (κ3) is 4.34. The molecule has 0 aliphatic carbocycles. The van der Waals surface area contributed by atoms with Gasteiger partial charge < -0.3 is 14.2 Å². The second-order valence-corrected chi connectivity index (χ2v) is 7.38. The van der Waals surface area contributed by atoms with Gasteiger partial charge in [-0.3, -0.25) is 0 Å². The number of hydrogen-bond donors (Lipinski definition) is 0. The zero-order valence-corrected chi connectivity index (χ0v) is 17.2. The van der Waals surface area contributed by atoms with Crippen LogP contribution in [0, 0.1) is 5.92 Å². The lowest BCUT2D eigenvalue weighted by atomic mass is 9.86. The Labute approximate surface area is 161 Å². The van der Waals surface area contributed by atoms with E-state index in [0.29, 0.717) is 23.5 Å². The Bertz CT molecular complexity index is 788. The predicted octanol–water partition coefficient (Wildman–Crippen LogP) is 5.56. The zero-order valence-electron chi connectivity index (χ0n) is 17.2. The van der Waals surface area contributed by atoms with E-state index in [0.717, 1.165) is 11.1 Å². The summed E-state index contributed by atoms with van der Waals surface area (Å²) in [4.78, 5) is 11.9. The maximum absolute atomic E-state index is 14.8. The lowest BCUT2D eigenvalue weighted by Gasteiger charge is -2.33. The van der Waals surface area contributed by atoms with Crippen molar-refractivity contribution in [3.63, 3.8) is 0 Å². The third-order valence-electron chi connectivity index (χ3n) is 4.51. The second kappa shape index (κ2) is 8.15. The predicted molar refractivity (Wildman–Crippen MR) is 105 cm³/mol. The van der Waals surface area contributed by atoms with Crippen LogP contribution in [0.1, 0.15) is 59.1 Å². The van der Waals surface area contributed by atoms with Crippen LogP contribution < -0.4 is 9.47 Å². The molecule has 1 aliphatic heterocycles. The van der Waals surface area contributed by atoms with Crippen LogP contribution in [0.5, 0.6) is 11.5 Å². The van der Waals surface area contributed by atoms with Gasteiger partial charge in [-0.15, -0.1) is 0 Å². The second-order valence-electron chi connectivity index (χ2n) is 7.38. The van der Waals surface area contributed by atoms with Crippen molar-refractivity contribution in [1.82, 2.24) is 0 Å². The molecule has 0 aromatic heterocycles. The fraction of sp³-hybridized carbons (Fsp3) is 0.500. The van der Waals surface area contributed by atoms with Gasteiger partial charge in [-0.2, -0.15) is 4.39 Å². The van der Waals surface area contributed by atoms with Crippen LogP contribution >= 0.6 is 0 Å². The van der Waals surface area contributed by atoms with Crippen LogP contribution in [-0.4, -0.2) is 25.3 Å². The molecule has 0 atom stereocenters. The number of hydrogen-bond acceptors (Lipinski definition) is 4. The van der Waals surface area contributed by atoms with Gasteiger partial charge >= 0.3 is 5.97 Å². The molecule has 0 saturated carbocycles. The molecule has 0 saturated heterocycles. The van der Waals surface area contributed by atoms with Gasteiger partial charge in [0, 0.05) is 22.8 Å². The zero-order chi connectivity index (χ0) is 20.4. The van der Waals surface area contributed by atoms with Crippen molar-refractivity contribution < 1.29 is 23.4 Å². The number of ether oxygens (including phenoxy) is 3. The summed E-state index contributed by atoms with van der Waals surface area (Å²) >= 11 is 0. The summed E-state index contributed by atoms with van der Waals surface area (Å²) in [7, 11) is 1.52. The fourth-order valence-corrected chi connectivity index (χ4v) is 3.30. The van der Waals surface area contributed by atoms with E-state index in [1.165, 1.54) is 7.11 Å². The number of carbonyl (C=O) groups excluding carboxylic acids is 1. The average molecular weight is 376 g/mol. The molecule has 1 heterocycles. The fourth-order valence-electron chi connectivity index (χ4n) is 3.30. The highest BCUT2D eigenvalue weighted by Gasteiger charge is 2.30. The molecular weight excluding hydrogens is 347 g/mol. The van der Waals surface area contributed by atoms with E-state index < -0.39 is 17.4 Å². The Hall–Kier alpha value is -2.30. The molecule has 0 unspecified atom stereocenters. The Morgan fingerprint density at radius 3 is 2.44 bits per heavy atom. The molecule has 5 heteroatoms. The van der Waals surface area contributed by atoms with Gasteiger partial charge in [0.25, 0.3) is 0 Å². The van der Waals surface area contributed by atoms with Crippen LogP contribution in [0.2, 0.25) is 0 Å². The molecule has 4 nitrogen and oxygen atoms in total. The van der Waals surface area contributed by atoms with Gasteiger partial charge in [-0.1, -0.05) is 20.8 Å². The normalized spacial score (nSPS) is 16.1. The first-order chi connectivity index (χ1) is 12.6. The minimum absolute atomic E-state index is 0.119. The molecule has 27 heavy (non-hydrogen) atoms. The van der Waals surface area contributed by atoms with Crippen LogP contribution in [-0.2, 0) is 9.53 Å². The minimum atomic E-state index is -0.953. The smallest absolute Gasteiger partial charge is 0.367 e. The monoisotopic (exact) mass is 376 g/mol. The van der Waals surface area contributed by atoms with E-state index in [4.69, 9.17) is 14.2 Å². The lowest BCUT2D eigenvalue weighted by Crippen LogP contribution is -2.29. The van der Waals surface area contributed by atoms with Crippen molar-refractivity contribution in [2.75, 3.05) is 13.7 Å². The highest BCUT2D eigenvalue weighted by atomic mass is 19.1. The largest absolute Gasteiger partial charge is 0.496 e. The van der Waals surface area contributed by atoms with E-state index in [1.807, 2.05) is 19.9 Å². The van der Waals surface area contributed by atoms with E-state index in [1.54, 1.807) is 19.9 Å². The van der Waals surface area contributed by atoms with Gasteiger partial charge in [0.15, 0.2) is 0 Å². The molecule has 0 bridgehead atoms. The van der Waals surface area contributed by atoms with Crippen LogP contribution in [0.15, 0.2) is 24.0 Å². The van der Waals surface area contributed by atoms with Crippen LogP contribution in [0.25, 0.3) is 11.1 Å². The number of benzene rings is 1. The molecule has 148 valence electrons. The van der Waals surface area contributed by atoms with Gasteiger partial charge in [0.2, 0.25) is 5.83 Å². The van der Waals surface area contributed by atoms with Gasteiger partial charge in [0.05, 0.1) is 13.7 Å². The quantitative estimate of drug-likeness (QED) is 0.482. The van der Waals surface area contributed by atoms with Crippen LogP contribution in [0.3, 0.4) is 0 Å². The standard InChI is InChI=1S/C22H29FO4/c1-8-14(20(23)21(24)26-9-2)15-10-16-17(13(3)4)12-22(5,6)27-19(16)11-18(15)25-7/h10-13H,8-9H2,1-7H3/b20-14+. The first-order valence-electron chi connectivity index (χ1n) is 9.35. The number of allylic oxidation sites excluding steroid dienone is 2. The van der Waals surface area contributed by atoms with Crippen molar-refractivity contribution in [3.05, 3.63) is 35.2 Å². The highest BCUT2D eigenvalue weighted by molar-refractivity contribution is 5.96. The minimum Gasteiger partial charge on any atom is -0.496 e. The number of rotatable bonds is 6. The number of fused-ring (bicyclic) bond motifs is 1. The maximum atomic E-state index is 14.8. The van der Waals surface area contributed by atoms with E-state index in [-0.39, 0.29) is 18.1 Å². The summed E-state index contributed by atoms with van der Waals surface area (Å²) in [5.74, 6) is -0.419. The Balaban J connectivity index is 2.71. The Morgan fingerprint density at radius 2 is 1.93 bits per heavy atom. The van der Waals surface area contributed by atoms with Crippen molar-refractivity contribution in [2.45, 2.75) is 53.6 Å². The third-order valence-corrected chi connectivity index (χ3v) is 4.51. The van der Waals surface area contributed by atoms with Gasteiger partial charge in [0.1, 0.15) is 17.1 Å². The molecule has 1 aliphatic rings. The molecule has 1 aromatic rings. The summed E-state index contributed by atoms with van der Waals surface area (Å²) in [5, 5.41) is 0. The summed E-state index contributed by atoms with van der Waals surface area (Å²) in [6.07, 6.45) is 2.42. The average Bonchev–Trinajstić information content (AvgIpc) is 2.60. The van der Waals surface area contributed by atoms with Crippen molar-refractivity contribution >= 4 is 17.1 Å². The number of halogens is 1. The molecule has 0 fully saturated rings. The Morgan fingerprint density at radius 1 is 1.26 bits per heavy atom. The lowest BCUT2D eigenvalue weighted by molar-refractivity contribution is -0.140. The van der Waals surface area contributed by atoms with Crippen molar-refractivity contribution in [2.24, 2.45) is 5.92 Å². The number of carbonyl (C=O) groups is 1. The summed E-state index contributed by atoms with van der Waals surface area (Å²) < 4.78 is 31.2.